The van der Waals surface area contributed by atoms with Crippen molar-refractivity contribution < 1.29 is 14.5 Å². The minimum Gasteiger partial charge on any atom is -0.340 e. The Morgan fingerprint density at radius 1 is 1.07 bits per heavy atom. The van der Waals surface area contributed by atoms with Crippen molar-refractivity contribution in [2.24, 2.45) is 29.0 Å². The van der Waals surface area contributed by atoms with Gasteiger partial charge in [-0.05, 0) is 68.4 Å². The first-order chi connectivity index (χ1) is 12.9. The van der Waals surface area contributed by atoms with Gasteiger partial charge in [0.1, 0.15) is 6.04 Å². The van der Waals surface area contributed by atoms with Crippen molar-refractivity contribution in [2.75, 3.05) is 0 Å². The van der Waals surface area contributed by atoms with Gasteiger partial charge in [-0.15, -0.1) is 0 Å². The van der Waals surface area contributed by atoms with Crippen molar-refractivity contribution in [3.63, 3.8) is 0 Å². The molecule has 0 unspecified atom stereocenters. The molecule has 0 aromatic heterocycles. The summed E-state index contributed by atoms with van der Waals surface area (Å²) in [4.78, 5) is 35.6. The summed E-state index contributed by atoms with van der Waals surface area (Å²) in [6.45, 7) is 0. The Hall–Kier alpha value is -2.48. The highest BCUT2D eigenvalue weighted by Crippen LogP contribution is 2.61. The molecule has 4 bridgehead atoms. The molecule has 8 heteroatoms. The van der Waals surface area contributed by atoms with Gasteiger partial charge in [-0.3, -0.25) is 25.1 Å². The highest BCUT2D eigenvalue weighted by atomic mass is 16.6. The molecule has 2 amide bonds. The Morgan fingerprint density at radius 3 is 2.04 bits per heavy atom. The molecule has 8 nitrogen and oxygen atoms in total. The molecule has 0 spiro atoms. The van der Waals surface area contributed by atoms with Crippen LogP contribution in [0.4, 0.5) is 5.69 Å². The van der Waals surface area contributed by atoms with E-state index in [-0.39, 0.29) is 17.0 Å². The van der Waals surface area contributed by atoms with Crippen LogP contribution in [-0.2, 0) is 4.79 Å². The summed E-state index contributed by atoms with van der Waals surface area (Å²) < 4.78 is 0. The SMILES string of the molecule is NNC(=O)[C@@H](NC(=O)c1ccc([N+](=O)[O-])cc1)C12CC3CC(CC(C3)C1)C2. The van der Waals surface area contributed by atoms with Crippen LogP contribution in [0, 0.1) is 33.3 Å². The number of benzene rings is 1. The van der Waals surface area contributed by atoms with Gasteiger partial charge in [0.15, 0.2) is 0 Å². The number of nitrogens with two attached hydrogens (primary N) is 1. The normalized spacial score (nSPS) is 32.0. The highest BCUT2D eigenvalue weighted by molar-refractivity contribution is 5.98. The van der Waals surface area contributed by atoms with Gasteiger partial charge in [-0.2, -0.15) is 0 Å². The Kier molecular flexibility index (Phi) is 4.38. The molecule has 1 atom stereocenters. The van der Waals surface area contributed by atoms with E-state index in [9.17, 15) is 19.7 Å². The standard InChI is InChI=1S/C19H24N4O4/c20-22-18(25)16(19-8-11-5-12(9-19)7-13(6-11)10-19)21-17(24)14-1-3-15(4-2-14)23(26)27/h1-4,11-13,16H,5-10,20H2,(H,21,24)(H,22,25)/t11?,12?,13?,16-,19?/m1/s1. The summed E-state index contributed by atoms with van der Waals surface area (Å²) >= 11 is 0. The molecular weight excluding hydrogens is 348 g/mol. The molecule has 4 aliphatic rings. The number of carbonyl (C=O) groups is 2. The number of non-ortho nitro benzene ring substituents is 1. The number of hydrogen-bond donors (Lipinski definition) is 3. The molecule has 1 aromatic carbocycles. The Morgan fingerprint density at radius 2 is 1.59 bits per heavy atom. The molecule has 0 saturated heterocycles. The fourth-order valence-electron chi connectivity index (χ4n) is 6.06. The number of carbonyl (C=O) groups excluding carboxylic acids is 2. The van der Waals surface area contributed by atoms with Gasteiger partial charge >= 0.3 is 0 Å². The number of rotatable bonds is 5. The van der Waals surface area contributed by atoms with Crippen LogP contribution in [0.2, 0.25) is 0 Å². The van der Waals surface area contributed by atoms with Crippen LogP contribution in [0.3, 0.4) is 0 Å². The number of amides is 2. The van der Waals surface area contributed by atoms with Gasteiger partial charge in [0.2, 0.25) is 0 Å². The lowest BCUT2D eigenvalue weighted by atomic mass is 9.47. The van der Waals surface area contributed by atoms with Crippen LogP contribution < -0.4 is 16.6 Å². The van der Waals surface area contributed by atoms with Crippen LogP contribution in [-0.4, -0.2) is 22.8 Å². The van der Waals surface area contributed by atoms with Gasteiger partial charge in [-0.1, -0.05) is 0 Å². The second-order valence-corrected chi connectivity index (χ2v) is 8.50. The number of nitrogens with zero attached hydrogens (tertiary/aromatic N) is 1. The molecule has 4 aliphatic carbocycles. The summed E-state index contributed by atoms with van der Waals surface area (Å²) in [6.07, 6.45) is 6.51. The smallest absolute Gasteiger partial charge is 0.269 e. The monoisotopic (exact) mass is 372 g/mol. The molecule has 27 heavy (non-hydrogen) atoms. The van der Waals surface area contributed by atoms with E-state index in [1.54, 1.807) is 0 Å². The summed E-state index contributed by atoms with van der Waals surface area (Å²) in [5.41, 5.74) is 2.20. The third kappa shape index (κ3) is 3.18. The highest BCUT2D eigenvalue weighted by Gasteiger charge is 2.56. The van der Waals surface area contributed by atoms with Crippen molar-refractivity contribution in [1.82, 2.24) is 10.7 Å². The van der Waals surface area contributed by atoms with E-state index in [1.165, 1.54) is 43.5 Å². The first-order valence-corrected chi connectivity index (χ1v) is 9.46. The molecule has 1 aromatic rings. The van der Waals surface area contributed by atoms with E-state index in [1.807, 2.05) is 0 Å². The van der Waals surface area contributed by atoms with E-state index >= 15 is 0 Å². The molecular formula is C19H24N4O4. The second-order valence-electron chi connectivity index (χ2n) is 8.50. The quantitative estimate of drug-likeness (QED) is 0.315. The molecule has 0 radical (unpaired) electrons. The van der Waals surface area contributed by atoms with Gasteiger partial charge in [-0.25, -0.2) is 5.84 Å². The Bertz CT molecular complexity index is 741. The Balaban J connectivity index is 1.57. The van der Waals surface area contributed by atoms with Crippen LogP contribution >= 0.6 is 0 Å². The van der Waals surface area contributed by atoms with Crippen molar-refractivity contribution in [3.8, 4) is 0 Å². The summed E-state index contributed by atoms with van der Waals surface area (Å²) in [5, 5.41) is 13.7. The van der Waals surface area contributed by atoms with E-state index in [0.29, 0.717) is 23.3 Å². The number of nitrogens with one attached hydrogen (secondary N) is 2. The van der Waals surface area contributed by atoms with Gasteiger partial charge in [0.25, 0.3) is 17.5 Å². The Labute approximate surface area is 157 Å². The number of hydrogen-bond acceptors (Lipinski definition) is 5. The lowest BCUT2D eigenvalue weighted by Crippen LogP contribution is -2.62. The minimum atomic E-state index is -0.682. The van der Waals surface area contributed by atoms with Crippen LogP contribution in [0.5, 0.6) is 0 Å². The maximum atomic E-state index is 12.7. The van der Waals surface area contributed by atoms with Crippen molar-refractivity contribution in [1.29, 1.82) is 0 Å². The molecule has 5 rings (SSSR count). The maximum Gasteiger partial charge on any atom is 0.269 e. The zero-order valence-corrected chi connectivity index (χ0v) is 15.0. The van der Waals surface area contributed by atoms with Gasteiger partial charge in [0, 0.05) is 23.1 Å². The van der Waals surface area contributed by atoms with Crippen molar-refractivity contribution in [3.05, 3.63) is 39.9 Å². The number of hydrazine groups is 1. The predicted octanol–water partition coefficient (Wildman–Crippen LogP) is 1.90. The summed E-state index contributed by atoms with van der Waals surface area (Å²) in [5.74, 6) is 6.53. The van der Waals surface area contributed by atoms with Crippen LogP contribution in [0.25, 0.3) is 0 Å². The van der Waals surface area contributed by atoms with E-state index in [0.717, 1.165) is 19.3 Å². The lowest BCUT2D eigenvalue weighted by Gasteiger charge is -2.58. The molecule has 4 N–H and O–H groups in total. The largest absolute Gasteiger partial charge is 0.340 e. The molecule has 0 heterocycles. The molecule has 4 fully saturated rings. The molecule has 0 aliphatic heterocycles. The van der Waals surface area contributed by atoms with Crippen LogP contribution in [0.1, 0.15) is 48.9 Å². The maximum absolute atomic E-state index is 12.7. The molecule has 144 valence electrons. The first kappa shape index (κ1) is 17.9. The minimum absolute atomic E-state index is 0.0797. The number of nitro groups is 1. The van der Waals surface area contributed by atoms with Crippen LogP contribution in [0.15, 0.2) is 24.3 Å². The van der Waals surface area contributed by atoms with E-state index in [4.69, 9.17) is 5.84 Å². The van der Waals surface area contributed by atoms with Crippen molar-refractivity contribution in [2.45, 2.75) is 44.6 Å². The van der Waals surface area contributed by atoms with Crippen molar-refractivity contribution >= 4 is 17.5 Å². The first-order valence-electron chi connectivity index (χ1n) is 9.46. The van der Waals surface area contributed by atoms with Gasteiger partial charge < -0.3 is 5.32 Å². The van der Waals surface area contributed by atoms with E-state index < -0.39 is 16.9 Å². The third-order valence-electron chi connectivity index (χ3n) is 6.72. The topological polar surface area (TPSA) is 127 Å². The number of nitro benzene ring substituents is 1. The summed E-state index contributed by atoms with van der Waals surface area (Å²) in [6, 6.07) is 4.71. The van der Waals surface area contributed by atoms with E-state index in [2.05, 4.69) is 10.7 Å². The average molecular weight is 372 g/mol. The third-order valence-corrected chi connectivity index (χ3v) is 6.72. The molecule has 4 saturated carbocycles. The average Bonchev–Trinajstić information content (AvgIpc) is 2.64. The predicted molar refractivity (Wildman–Crippen MR) is 97.3 cm³/mol. The zero-order chi connectivity index (χ0) is 19.2. The second kappa shape index (κ2) is 6.60. The lowest BCUT2D eigenvalue weighted by molar-refractivity contribution is -0.384. The fraction of sp³-hybridized carbons (Fsp3) is 0.579. The zero-order valence-electron chi connectivity index (χ0n) is 15.0. The van der Waals surface area contributed by atoms with Gasteiger partial charge in [0.05, 0.1) is 4.92 Å². The summed E-state index contributed by atoms with van der Waals surface area (Å²) in [7, 11) is 0. The fourth-order valence-corrected chi connectivity index (χ4v) is 6.06.